The normalized spacial score (nSPS) is 10.1. The van der Waals surface area contributed by atoms with E-state index in [-0.39, 0.29) is 12.4 Å². The largest absolute Gasteiger partial charge is 0.452 e. The number of ketones is 1. The molecular formula is C9H11ClN2O3. The highest BCUT2D eigenvalue weighted by molar-refractivity contribution is 6.61. The highest BCUT2D eigenvalue weighted by atomic mass is 35.5. The van der Waals surface area contributed by atoms with Gasteiger partial charge in [0.25, 0.3) is 0 Å². The minimum absolute atomic E-state index is 0.0915. The van der Waals surface area contributed by atoms with E-state index < -0.39 is 5.43 Å². The standard InChI is InChI=1S/C9H11ClN2O3/c1-6-5-8(7(2)13)11-12(6)3-4-15-9(10)14/h5H,3-4H2,1-2H3. The molecule has 0 radical (unpaired) electrons. The Morgan fingerprint density at radius 3 is 2.73 bits per heavy atom. The van der Waals surface area contributed by atoms with Crippen LogP contribution in [0.4, 0.5) is 4.79 Å². The van der Waals surface area contributed by atoms with Crippen LogP contribution in [0.15, 0.2) is 6.07 Å². The average Bonchev–Trinajstić information content (AvgIpc) is 2.47. The smallest absolute Gasteiger partial charge is 0.403 e. The van der Waals surface area contributed by atoms with Crippen molar-refractivity contribution in [3.63, 3.8) is 0 Å². The van der Waals surface area contributed by atoms with Crippen molar-refractivity contribution in [3.05, 3.63) is 17.5 Å². The second-order valence-corrected chi connectivity index (χ2v) is 3.34. The Morgan fingerprint density at radius 2 is 2.27 bits per heavy atom. The van der Waals surface area contributed by atoms with Gasteiger partial charge in [-0.05, 0) is 13.0 Å². The summed E-state index contributed by atoms with van der Waals surface area (Å²) >= 11 is 4.99. The molecule has 0 saturated carbocycles. The van der Waals surface area contributed by atoms with Crippen molar-refractivity contribution in [3.8, 4) is 0 Å². The molecule has 15 heavy (non-hydrogen) atoms. The molecule has 82 valence electrons. The van der Waals surface area contributed by atoms with Crippen molar-refractivity contribution < 1.29 is 14.3 Å². The van der Waals surface area contributed by atoms with Crippen LogP contribution in [0.25, 0.3) is 0 Å². The van der Waals surface area contributed by atoms with Gasteiger partial charge < -0.3 is 4.74 Å². The van der Waals surface area contributed by atoms with E-state index in [0.717, 1.165) is 5.69 Å². The number of rotatable bonds is 4. The van der Waals surface area contributed by atoms with Gasteiger partial charge in [-0.15, -0.1) is 0 Å². The monoisotopic (exact) mass is 230 g/mol. The van der Waals surface area contributed by atoms with Crippen LogP contribution in [0.3, 0.4) is 0 Å². The highest BCUT2D eigenvalue weighted by Gasteiger charge is 2.07. The molecule has 1 aromatic rings. The van der Waals surface area contributed by atoms with E-state index in [4.69, 9.17) is 11.6 Å². The molecule has 0 aliphatic rings. The lowest BCUT2D eigenvalue weighted by Gasteiger charge is -2.03. The summed E-state index contributed by atoms with van der Waals surface area (Å²) < 4.78 is 6.15. The molecule has 5 nitrogen and oxygen atoms in total. The van der Waals surface area contributed by atoms with Gasteiger partial charge in [0.15, 0.2) is 5.78 Å². The summed E-state index contributed by atoms with van der Waals surface area (Å²) in [6.07, 6.45) is 0. The topological polar surface area (TPSA) is 61.2 Å². The van der Waals surface area contributed by atoms with Crippen molar-refractivity contribution in [2.24, 2.45) is 0 Å². The summed E-state index contributed by atoms with van der Waals surface area (Å²) in [5.41, 5.74) is 0.405. The van der Waals surface area contributed by atoms with E-state index in [1.807, 2.05) is 6.92 Å². The highest BCUT2D eigenvalue weighted by Crippen LogP contribution is 2.04. The lowest BCUT2D eigenvalue weighted by Crippen LogP contribution is -2.10. The zero-order chi connectivity index (χ0) is 11.4. The minimum atomic E-state index is -0.841. The molecule has 0 aromatic carbocycles. The van der Waals surface area contributed by atoms with Gasteiger partial charge in [-0.3, -0.25) is 9.48 Å². The van der Waals surface area contributed by atoms with Crippen LogP contribution in [-0.2, 0) is 11.3 Å². The molecule has 0 N–H and O–H groups in total. The Bertz CT molecular complexity index is 387. The van der Waals surface area contributed by atoms with E-state index in [2.05, 4.69) is 9.84 Å². The average molecular weight is 231 g/mol. The number of hydrogen-bond donors (Lipinski definition) is 0. The molecule has 0 unspecified atom stereocenters. The maximum atomic E-state index is 11.0. The Hall–Kier alpha value is -1.36. The molecular weight excluding hydrogens is 220 g/mol. The van der Waals surface area contributed by atoms with E-state index >= 15 is 0 Å². The lowest BCUT2D eigenvalue weighted by atomic mass is 10.3. The van der Waals surface area contributed by atoms with Crippen LogP contribution in [-0.4, -0.2) is 27.6 Å². The van der Waals surface area contributed by atoms with Gasteiger partial charge in [-0.1, -0.05) is 0 Å². The van der Waals surface area contributed by atoms with Crippen LogP contribution in [0.1, 0.15) is 23.1 Å². The third-order valence-electron chi connectivity index (χ3n) is 1.86. The third-order valence-corrected chi connectivity index (χ3v) is 1.97. The number of hydrogen-bond acceptors (Lipinski definition) is 4. The van der Waals surface area contributed by atoms with Crippen LogP contribution in [0, 0.1) is 6.92 Å². The third kappa shape index (κ3) is 3.36. The van der Waals surface area contributed by atoms with Gasteiger partial charge in [0.1, 0.15) is 12.3 Å². The first kappa shape index (κ1) is 11.7. The summed E-state index contributed by atoms with van der Waals surface area (Å²) in [4.78, 5) is 21.3. The Morgan fingerprint density at radius 1 is 1.60 bits per heavy atom. The van der Waals surface area contributed by atoms with E-state index in [9.17, 15) is 9.59 Å². The zero-order valence-corrected chi connectivity index (χ0v) is 9.24. The summed E-state index contributed by atoms with van der Waals surface area (Å²) in [6, 6.07) is 1.69. The predicted octanol–water partition coefficient (Wildman–Crippen LogP) is 1.77. The quantitative estimate of drug-likeness (QED) is 0.584. The zero-order valence-electron chi connectivity index (χ0n) is 8.49. The molecule has 0 saturated heterocycles. The van der Waals surface area contributed by atoms with Crippen molar-refractivity contribution in [1.82, 2.24) is 9.78 Å². The fraction of sp³-hybridized carbons (Fsp3) is 0.444. The second-order valence-electron chi connectivity index (χ2n) is 3.04. The Balaban J connectivity index is 2.61. The van der Waals surface area contributed by atoms with Crippen molar-refractivity contribution in [2.75, 3.05) is 6.61 Å². The molecule has 0 bridgehead atoms. The second kappa shape index (κ2) is 4.93. The molecule has 6 heteroatoms. The molecule has 1 aromatic heterocycles. The fourth-order valence-corrected chi connectivity index (χ4v) is 1.20. The molecule has 0 amide bonds. The van der Waals surface area contributed by atoms with Crippen LogP contribution in [0.2, 0.25) is 0 Å². The number of carbonyl (C=O) groups is 2. The number of halogens is 1. The van der Waals surface area contributed by atoms with Gasteiger partial charge >= 0.3 is 5.43 Å². The van der Waals surface area contributed by atoms with E-state index in [0.29, 0.717) is 12.2 Å². The van der Waals surface area contributed by atoms with Crippen molar-refractivity contribution >= 4 is 22.8 Å². The number of nitrogens with zero attached hydrogens (tertiary/aromatic N) is 2. The summed E-state index contributed by atoms with van der Waals surface area (Å²) in [6.45, 7) is 3.80. The lowest BCUT2D eigenvalue weighted by molar-refractivity contribution is 0.101. The molecule has 0 aliphatic heterocycles. The number of aromatic nitrogens is 2. The minimum Gasteiger partial charge on any atom is -0.452 e. The summed E-state index contributed by atoms with van der Waals surface area (Å²) in [5.74, 6) is -0.0915. The van der Waals surface area contributed by atoms with Crippen LogP contribution in [0.5, 0.6) is 0 Å². The SMILES string of the molecule is CC(=O)c1cc(C)n(CCOC(=O)Cl)n1. The molecule has 0 atom stereocenters. The Labute approximate surface area is 92.0 Å². The number of Topliss-reactive ketones (excluding diaryl/α,β-unsaturated/α-hetero) is 1. The molecule has 1 rings (SSSR count). The predicted molar refractivity (Wildman–Crippen MR) is 54.2 cm³/mol. The molecule has 0 fully saturated rings. The van der Waals surface area contributed by atoms with Crippen molar-refractivity contribution in [2.45, 2.75) is 20.4 Å². The number of carbonyl (C=O) groups excluding carboxylic acids is 2. The van der Waals surface area contributed by atoms with Gasteiger partial charge in [-0.2, -0.15) is 5.10 Å². The number of ether oxygens (including phenoxy) is 1. The van der Waals surface area contributed by atoms with Gasteiger partial charge in [0, 0.05) is 24.2 Å². The summed E-state index contributed by atoms with van der Waals surface area (Å²) in [7, 11) is 0. The van der Waals surface area contributed by atoms with Crippen LogP contribution >= 0.6 is 11.6 Å². The van der Waals surface area contributed by atoms with Gasteiger partial charge in [-0.25, -0.2) is 4.79 Å². The molecule has 0 spiro atoms. The number of aryl methyl sites for hydroxylation is 1. The maximum Gasteiger partial charge on any atom is 0.403 e. The fourth-order valence-electron chi connectivity index (χ4n) is 1.12. The first-order valence-electron chi connectivity index (χ1n) is 4.38. The summed E-state index contributed by atoms with van der Waals surface area (Å²) in [5, 5.41) is 4.04. The Kier molecular flexibility index (Phi) is 3.85. The van der Waals surface area contributed by atoms with Gasteiger partial charge in [0.2, 0.25) is 0 Å². The van der Waals surface area contributed by atoms with E-state index in [1.165, 1.54) is 6.92 Å². The molecule has 0 aliphatic carbocycles. The van der Waals surface area contributed by atoms with E-state index in [1.54, 1.807) is 10.7 Å². The first-order chi connectivity index (χ1) is 7.00. The van der Waals surface area contributed by atoms with Gasteiger partial charge in [0.05, 0.1) is 6.54 Å². The maximum absolute atomic E-state index is 11.0. The molecule has 1 heterocycles. The van der Waals surface area contributed by atoms with Crippen molar-refractivity contribution in [1.29, 1.82) is 0 Å². The first-order valence-corrected chi connectivity index (χ1v) is 4.76. The van der Waals surface area contributed by atoms with Crippen LogP contribution < -0.4 is 0 Å².